The first-order chi connectivity index (χ1) is 28.3. The molecule has 3 aromatic heterocycles. The largest absolute Gasteiger partial charge is 0.392 e. The number of hydrogen-bond donors (Lipinski definition) is 2. The number of fused-ring (bicyclic) bond motifs is 1. The van der Waals surface area contributed by atoms with Gasteiger partial charge in [-0.05, 0) is 115 Å². The lowest BCUT2D eigenvalue weighted by Crippen LogP contribution is -2.47. The average molecular weight is 805 g/mol. The monoisotopic (exact) mass is 804 g/mol. The van der Waals surface area contributed by atoms with Crippen molar-refractivity contribution in [2.45, 2.75) is 85.7 Å². The van der Waals surface area contributed by atoms with Crippen molar-refractivity contribution in [1.29, 1.82) is 0 Å². The van der Waals surface area contributed by atoms with Crippen molar-refractivity contribution in [3.8, 4) is 16.8 Å². The van der Waals surface area contributed by atoms with Crippen molar-refractivity contribution >= 4 is 28.0 Å². The standard InChI is InChI=1S/C48H61FN6O4/c1-7-24-59-25-17-48(4,5)32-47(2,3)16-19-53-20-22-54(23-21-53)37-13-14-43(50-29-37)51-41-28-36(30-52(6)45(41)57)38-9-8-10-42(39(38)31-56)55-18-15-34-26-35(33-11-12-33)27-40(49)44(34)46(55)58/h8-10,13-15,18,26-30,33,56H,7,11-12,16-17,19-25,31-32H2,1-6H3,(H,50,51). The lowest BCUT2D eigenvalue weighted by molar-refractivity contribution is 0.0798. The van der Waals surface area contributed by atoms with Gasteiger partial charge in [-0.2, -0.15) is 0 Å². The van der Waals surface area contributed by atoms with Gasteiger partial charge in [-0.15, -0.1) is 0 Å². The zero-order chi connectivity index (χ0) is 41.9. The molecule has 2 aliphatic rings. The molecule has 2 N–H and O–H groups in total. The first-order valence-corrected chi connectivity index (χ1v) is 21.3. The summed E-state index contributed by atoms with van der Waals surface area (Å²) in [6.07, 6.45) is 11.8. The van der Waals surface area contributed by atoms with Crippen LogP contribution in [0.15, 0.2) is 82.8 Å². The van der Waals surface area contributed by atoms with E-state index in [1.165, 1.54) is 21.6 Å². The van der Waals surface area contributed by atoms with Gasteiger partial charge in [-0.25, -0.2) is 9.37 Å². The van der Waals surface area contributed by atoms with Gasteiger partial charge in [0.2, 0.25) is 0 Å². The van der Waals surface area contributed by atoms with Crippen LogP contribution in [0.2, 0.25) is 0 Å². The van der Waals surface area contributed by atoms with Gasteiger partial charge >= 0.3 is 0 Å². The first kappa shape index (κ1) is 42.3. The molecule has 10 nitrogen and oxygen atoms in total. The number of nitrogens with one attached hydrogen (secondary N) is 1. The van der Waals surface area contributed by atoms with E-state index in [1.807, 2.05) is 30.5 Å². The molecule has 2 aromatic carbocycles. The number of rotatable bonds is 17. The predicted molar refractivity (Wildman–Crippen MR) is 237 cm³/mol. The molecule has 4 heterocycles. The maximum atomic E-state index is 15.4. The Morgan fingerprint density at radius 3 is 2.39 bits per heavy atom. The Morgan fingerprint density at radius 1 is 0.932 bits per heavy atom. The summed E-state index contributed by atoms with van der Waals surface area (Å²) in [5.74, 6) is 0.359. The van der Waals surface area contributed by atoms with Gasteiger partial charge in [-0.3, -0.25) is 19.1 Å². The third kappa shape index (κ3) is 9.97. The zero-order valence-corrected chi connectivity index (χ0v) is 35.7. The molecule has 0 bridgehead atoms. The van der Waals surface area contributed by atoms with Gasteiger partial charge in [0.25, 0.3) is 11.1 Å². The molecular formula is C48H61FN6O4. The smallest absolute Gasteiger partial charge is 0.274 e. The topological polar surface area (TPSA) is 105 Å². The number of halogens is 1. The summed E-state index contributed by atoms with van der Waals surface area (Å²) in [6, 6.07) is 16.2. The van der Waals surface area contributed by atoms with Crippen molar-refractivity contribution < 1.29 is 14.2 Å². The summed E-state index contributed by atoms with van der Waals surface area (Å²) in [6.45, 7) is 17.9. The third-order valence-corrected chi connectivity index (χ3v) is 12.2. The maximum Gasteiger partial charge on any atom is 0.274 e. The highest BCUT2D eigenvalue weighted by atomic mass is 19.1. The number of pyridine rings is 3. The number of aliphatic hydroxyl groups is 1. The van der Waals surface area contributed by atoms with E-state index in [-0.39, 0.29) is 28.4 Å². The Balaban J connectivity index is 1.01. The highest BCUT2D eigenvalue weighted by Gasteiger charge is 2.30. The molecule has 0 atom stereocenters. The number of ether oxygens (including phenoxy) is 1. The zero-order valence-electron chi connectivity index (χ0n) is 35.7. The van der Waals surface area contributed by atoms with Crippen molar-refractivity contribution in [3.63, 3.8) is 0 Å². The molecule has 1 aliphatic carbocycles. The molecule has 1 aliphatic heterocycles. The van der Waals surface area contributed by atoms with Crippen molar-refractivity contribution in [2.75, 3.05) is 56.2 Å². The first-order valence-electron chi connectivity index (χ1n) is 21.3. The minimum atomic E-state index is -0.534. The van der Waals surface area contributed by atoms with Crippen LogP contribution in [0.4, 0.5) is 21.6 Å². The normalized spacial score (nSPS) is 15.3. The van der Waals surface area contributed by atoms with Crippen molar-refractivity contribution in [2.24, 2.45) is 17.9 Å². The molecule has 0 unspecified atom stereocenters. The van der Waals surface area contributed by atoms with E-state index < -0.39 is 11.4 Å². The van der Waals surface area contributed by atoms with Gasteiger partial charge in [0.05, 0.1) is 29.6 Å². The Bertz CT molecular complexity index is 2380. The van der Waals surface area contributed by atoms with E-state index in [0.717, 1.165) is 89.3 Å². The van der Waals surface area contributed by atoms with Crippen LogP contribution in [0.5, 0.6) is 0 Å². The van der Waals surface area contributed by atoms with Crippen LogP contribution in [-0.4, -0.2) is 70.1 Å². The summed E-state index contributed by atoms with van der Waals surface area (Å²) in [4.78, 5) is 36.8. The fourth-order valence-corrected chi connectivity index (χ4v) is 8.92. The summed E-state index contributed by atoms with van der Waals surface area (Å²) >= 11 is 0. The fourth-order valence-electron chi connectivity index (χ4n) is 8.92. The van der Waals surface area contributed by atoms with E-state index in [1.54, 1.807) is 43.7 Å². The minimum absolute atomic E-state index is 0.0232. The summed E-state index contributed by atoms with van der Waals surface area (Å²) in [5.41, 5.74) is 4.28. The molecule has 59 heavy (non-hydrogen) atoms. The van der Waals surface area contributed by atoms with Crippen LogP contribution in [0.25, 0.3) is 27.6 Å². The van der Waals surface area contributed by atoms with E-state index >= 15 is 4.39 Å². The Morgan fingerprint density at radius 2 is 1.69 bits per heavy atom. The number of nitrogens with zero attached hydrogens (tertiary/aromatic N) is 5. The predicted octanol–water partition coefficient (Wildman–Crippen LogP) is 8.78. The lowest BCUT2D eigenvalue weighted by Gasteiger charge is -2.39. The van der Waals surface area contributed by atoms with Gasteiger partial charge in [0, 0.05) is 70.0 Å². The number of hydrogen-bond acceptors (Lipinski definition) is 8. The molecule has 0 amide bonds. The van der Waals surface area contributed by atoms with Gasteiger partial charge in [-0.1, -0.05) is 52.8 Å². The van der Waals surface area contributed by atoms with Crippen LogP contribution in [0.3, 0.4) is 0 Å². The van der Waals surface area contributed by atoms with E-state index in [0.29, 0.717) is 45.2 Å². The van der Waals surface area contributed by atoms with E-state index in [9.17, 15) is 14.7 Å². The second kappa shape index (κ2) is 17.8. The molecule has 2 fully saturated rings. The highest BCUT2D eigenvalue weighted by Crippen LogP contribution is 2.42. The molecule has 0 radical (unpaired) electrons. The molecule has 1 saturated carbocycles. The third-order valence-electron chi connectivity index (χ3n) is 12.2. The van der Waals surface area contributed by atoms with E-state index in [4.69, 9.17) is 9.72 Å². The summed E-state index contributed by atoms with van der Waals surface area (Å²) in [5, 5.41) is 14.5. The van der Waals surface area contributed by atoms with Crippen LogP contribution in [0.1, 0.15) is 90.2 Å². The molecule has 7 rings (SSSR count). The maximum absolute atomic E-state index is 15.4. The van der Waals surface area contributed by atoms with Gasteiger partial charge in [0.15, 0.2) is 0 Å². The molecule has 5 aromatic rings. The second-order valence-corrected chi connectivity index (χ2v) is 18.2. The number of aromatic nitrogens is 3. The van der Waals surface area contributed by atoms with Crippen molar-refractivity contribution in [1.82, 2.24) is 19.0 Å². The number of benzene rings is 2. The minimum Gasteiger partial charge on any atom is -0.392 e. The van der Waals surface area contributed by atoms with Crippen LogP contribution in [0, 0.1) is 16.6 Å². The molecular weight excluding hydrogens is 744 g/mol. The Labute approximate surface area is 347 Å². The van der Waals surface area contributed by atoms with Crippen LogP contribution < -0.4 is 21.3 Å². The van der Waals surface area contributed by atoms with Crippen LogP contribution in [-0.2, 0) is 18.4 Å². The fraction of sp³-hybridized carbons (Fsp3) is 0.479. The Kier molecular flexibility index (Phi) is 12.8. The second-order valence-electron chi connectivity index (χ2n) is 18.2. The van der Waals surface area contributed by atoms with E-state index in [2.05, 4.69) is 49.7 Å². The average Bonchev–Trinajstić information content (AvgIpc) is 4.06. The SMILES string of the molecule is CCCOCCC(C)(C)CC(C)(C)CCN1CCN(c2ccc(Nc3cc(-c4cccc(-n5ccc6cc(C7CC7)cc(F)c6c5=O)c4CO)cn(C)c3=O)nc2)CC1. The molecule has 314 valence electrons. The number of aryl methyl sites for hydroxylation is 1. The Hall–Kier alpha value is -4.84. The van der Waals surface area contributed by atoms with Crippen LogP contribution >= 0.6 is 0 Å². The highest BCUT2D eigenvalue weighted by molar-refractivity contribution is 5.84. The number of piperazine rings is 1. The number of aliphatic hydroxyl groups excluding tert-OH is 1. The van der Waals surface area contributed by atoms with Crippen molar-refractivity contribution in [3.05, 3.63) is 111 Å². The van der Waals surface area contributed by atoms with Gasteiger partial charge in [0.1, 0.15) is 17.3 Å². The van der Waals surface area contributed by atoms with Gasteiger partial charge < -0.3 is 24.6 Å². The molecule has 1 saturated heterocycles. The quantitative estimate of drug-likeness (QED) is 0.0900. The molecule has 0 spiro atoms. The lowest BCUT2D eigenvalue weighted by atomic mass is 9.72. The summed E-state index contributed by atoms with van der Waals surface area (Å²) < 4.78 is 24.0. The molecule has 11 heteroatoms. The summed E-state index contributed by atoms with van der Waals surface area (Å²) in [7, 11) is 1.68. The number of anilines is 3.